The molecule has 0 aliphatic heterocycles. The first-order valence-electron chi connectivity index (χ1n) is 21.7. The van der Waals surface area contributed by atoms with Gasteiger partial charge in [0.15, 0.2) is 0 Å². The molecule has 0 radical (unpaired) electrons. The normalized spacial score (nSPS) is 12.6. The zero-order valence-electron chi connectivity index (χ0n) is 37.1. The summed E-state index contributed by atoms with van der Waals surface area (Å²) in [6.07, 6.45) is 8.60. The molecule has 0 saturated carbocycles. The van der Waals surface area contributed by atoms with Gasteiger partial charge in [0, 0.05) is 72.4 Å². The highest BCUT2D eigenvalue weighted by molar-refractivity contribution is 6.29. The molecule has 18 heteroatoms. The summed E-state index contributed by atoms with van der Waals surface area (Å²) in [7, 11) is 0. The van der Waals surface area contributed by atoms with Crippen molar-refractivity contribution in [2.24, 2.45) is 25.0 Å². The van der Waals surface area contributed by atoms with E-state index in [9.17, 15) is 30.3 Å². The summed E-state index contributed by atoms with van der Waals surface area (Å²) in [6, 6.07) is 37.6. The second-order valence-electron chi connectivity index (χ2n) is 15.5. The molecule has 0 spiro atoms. The summed E-state index contributed by atoms with van der Waals surface area (Å²) in [4.78, 5) is 61.0. The molecule has 10 aromatic rings. The Morgan fingerprint density at radius 1 is 0.319 bits per heavy atom. The molecule has 0 saturated heterocycles. The van der Waals surface area contributed by atoms with Crippen molar-refractivity contribution in [3.8, 4) is 0 Å². The van der Waals surface area contributed by atoms with Gasteiger partial charge in [-0.05, 0) is 135 Å². The van der Waals surface area contributed by atoms with Crippen molar-refractivity contribution in [3.63, 3.8) is 0 Å². The van der Waals surface area contributed by atoms with Crippen LogP contribution in [0, 0.1) is 0 Å². The number of fused-ring (bicyclic) bond motifs is 6. The van der Waals surface area contributed by atoms with E-state index in [2.05, 4.69) is 60.2 Å². The minimum absolute atomic E-state index is 0.00118. The summed E-state index contributed by atoms with van der Waals surface area (Å²) in [5.41, 5.74) is -0.365. The lowest BCUT2D eigenvalue weighted by molar-refractivity contribution is -0.214. The first-order chi connectivity index (χ1) is 35.2. The predicted molar refractivity (Wildman–Crippen MR) is 263 cm³/mol. The van der Waals surface area contributed by atoms with Crippen LogP contribution in [0.5, 0.6) is 0 Å². The molecule has 1 amide bonds. The summed E-state index contributed by atoms with van der Waals surface area (Å²) < 4.78 is 0. The van der Waals surface area contributed by atoms with E-state index in [1.54, 1.807) is 72.8 Å². The smallest absolute Gasteiger partial charge is 0.104 e. The Balaban J connectivity index is 1.34. The van der Waals surface area contributed by atoms with Crippen LogP contribution in [0.25, 0.3) is 37.6 Å². The molecule has 72 heavy (non-hydrogen) atoms. The fourth-order valence-electron chi connectivity index (χ4n) is 7.54. The Bertz CT molecular complexity index is 3740. The second kappa shape index (κ2) is 19.9. The third-order valence-corrected chi connectivity index (χ3v) is 10.9. The summed E-state index contributed by atoms with van der Waals surface area (Å²) in [5, 5.41) is 75.7. The third kappa shape index (κ3) is 9.58. The number of pyridine rings is 6. The fraction of sp³-hybridized carbons (Fsp3) is 0. The molecule has 18 nitrogen and oxygen atoms in total. The lowest BCUT2D eigenvalue weighted by Crippen LogP contribution is -2.20. The second-order valence-corrected chi connectivity index (χ2v) is 15.5. The number of hydrogen-bond acceptors (Lipinski definition) is 17. The van der Waals surface area contributed by atoms with E-state index in [4.69, 9.17) is 0 Å². The van der Waals surface area contributed by atoms with Crippen molar-refractivity contribution in [1.29, 1.82) is 0 Å². The van der Waals surface area contributed by atoms with E-state index >= 15 is 0 Å². The lowest BCUT2D eigenvalue weighted by atomic mass is 9.91. The van der Waals surface area contributed by atoms with E-state index in [1.165, 1.54) is 110 Å². The zero-order valence-corrected chi connectivity index (χ0v) is 37.1. The molecule has 6 heterocycles. The Hall–Kier alpha value is -10.6. The minimum atomic E-state index is -0.759. The van der Waals surface area contributed by atoms with E-state index in [0.29, 0.717) is 32.3 Å². The van der Waals surface area contributed by atoms with Crippen LogP contribution in [-0.2, 0) is 0 Å². The number of amides is 1. The van der Waals surface area contributed by atoms with Crippen LogP contribution in [-0.4, -0.2) is 65.3 Å². The zero-order chi connectivity index (χ0) is 49.6. The molecule has 0 N–H and O–H groups in total. The van der Waals surface area contributed by atoms with Gasteiger partial charge in [-0.15, -0.1) is 5.69 Å². The van der Waals surface area contributed by atoms with Crippen LogP contribution < -0.4 is 25.5 Å². The number of aromatic nitrogens is 6. The van der Waals surface area contributed by atoms with Gasteiger partial charge in [0.1, 0.15) is 5.91 Å². The third-order valence-electron chi connectivity index (χ3n) is 10.9. The Morgan fingerprint density at radius 2 is 0.556 bits per heavy atom. The van der Waals surface area contributed by atoms with Crippen molar-refractivity contribution in [3.05, 3.63) is 222 Å². The maximum Gasteiger partial charge on any atom is 0.104 e. The topological polar surface area (TPSA) is 286 Å². The molecule has 4 aromatic carbocycles. The van der Waals surface area contributed by atoms with Gasteiger partial charge in [0.25, 0.3) is 0 Å². The van der Waals surface area contributed by atoms with Crippen LogP contribution in [0.15, 0.2) is 208 Å². The lowest BCUT2D eigenvalue weighted by Gasteiger charge is -2.25. The molecule has 6 aromatic heterocycles. The maximum absolute atomic E-state index is 13.8. The van der Waals surface area contributed by atoms with E-state index in [0.717, 1.165) is 0 Å². The molecule has 348 valence electrons. The molecule has 10 rings (SSSR count). The van der Waals surface area contributed by atoms with Crippen molar-refractivity contribution in [2.75, 3.05) is 0 Å². The van der Waals surface area contributed by atoms with Crippen LogP contribution >= 0.6 is 0 Å². The van der Waals surface area contributed by atoms with E-state index in [-0.39, 0.29) is 68.3 Å². The highest BCUT2D eigenvalue weighted by Gasteiger charge is 2.18. The standard InChI is InChI=1S/C54H36N12O6/c67-49(37-13-1-7-19-55-37)61-43-25-31-32(26-44(43)62-50(68)38-14-2-8-20-56-38)34-28-46(64-52(70)40-16-4-10-22-58-40)48(66-54(72)42-18-6-12-24-60-42)30-36(34)35-29-47(65-53(71)41-17-5-11-23-59-41)45(27-33(31)35)63-51(69)39-15-3-9-21-57-39/h1-30H,(H6,55,56,57,58,59,60,61,62,63,64,65,66,67,68,69,70,71,72)/p-6. The average Bonchev–Trinajstić information content (AvgIpc) is 3.43. The molecule has 0 fully saturated rings. The minimum Gasteiger partial charge on any atom is -0.857 e. The van der Waals surface area contributed by atoms with Crippen LogP contribution in [0.2, 0.25) is 0 Å². The van der Waals surface area contributed by atoms with Crippen molar-refractivity contribution in [1.82, 2.24) is 29.9 Å². The van der Waals surface area contributed by atoms with Crippen molar-refractivity contribution in [2.45, 2.75) is 0 Å². The first kappa shape index (κ1) is 45.2. The van der Waals surface area contributed by atoms with Crippen molar-refractivity contribution >= 4 is 102 Å². The Labute approximate surface area is 407 Å². The number of carbonyl (C=O) groups is 1. The summed E-state index contributed by atoms with van der Waals surface area (Å²) in [5.74, 6) is -4.55. The van der Waals surface area contributed by atoms with Gasteiger partial charge in [-0.25, -0.2) is 0 Å². The van der Waals surface area contributed by atoms with Gasteiger partial charge in [0.05, 0.1) is 56.9 Å². The Kier molecular flexibility index (Phi) is 12.5. The molecular formula is C54H30N12O6-6. The summed E-state index contributed by atoms with van der Waals surface area (Å²) >= 11 is 0. The van der Waals surface area contributed by atoms with E-state index in [1.807, 2.05) is 0 Å². The highest BCUT2D eigenvalue weighted by Crippen LogP contribution is 2.48. The number of benzene rings is 4. The molecular weight excluding hydrogens is 913 g/mol. The number of nitrogens with zero attached hydrogens (tertiary/aromatic N) is 12. The van der Waals surface area contributed by atoms with Gasteiger partial charge < -0.3 is 35.6 Å². The molecule has 0 atom stereocenters. The maximum atomic E-state index is 13.8. The van der Waals surface area contributed by atoms with Crippen LogP contribution in [0.3, 0.4) is 0 Å². The van der Waals surface area contributed by atoms with Gasteiger partial charge in [-0.3, -0.25) is 54.9 Å². The number of aliphatic imine (C=N–C) groups is 5. The molecule has 0 aliphatic carbocycles. The highest BCUT2D eigenvalue weighted by atomic mass is 16.3. The van der Waals surface area contributed by atoms with Crippen LogP contribution in [0.1, 0.15) is 39.0 Å². The first-order valence-corrected chi connectivity index (χ1v) is 21.7. The number of rotatable bonds is 12. The number of carbonyl (C=O) groups excluding carboxylic acids is 1. The molecule has 0 unspecified atom stereocenters. The van der Waals surface area contributed by atoms with Gasteiger partial charge in [-0.2, -0.15) is 0 Å². The average molecular weight is 943 g/mol. The van der Waals surface area contributed by atoms with E-state index < -0.39 is 35.4 Å². The molecule has 0 bridgehead atoms. The van der Waals surface area contributed by atoms with Gasteiger partial charge >= 0.3 is 0 Å². The summed E-state index contributed by atoms with van der Waals surface area (Å²) in [6.45, 7) is 0. The van der Waals surface area contributed by atoms with Crippen LogP contribution in [0.4, 0.5) is 34.1 Å². The van der Waals surface area contributed by atoms with Gasteiger partial charge in [0.2, 0.25) is 0 Å². The SMILES string of the molecule is O=C([N-]c1cc2c3cc(N=C([O-])c4ccccn4)c(N=C([O-])c4ccccn4)cc3c3cc(N=C([O-])c4ccccn4)c(N=C([O-])c4ccccn4)cc3c2cc1N=C([O-])c1ccccn1)c1ccccn1. The quantitative estimate of drug-likeness (QED) is 0.0827. The Morgan fingerprint density at radius 3 is 0.819 bits per heavy atom. The fourth-order valence-corrected chi connectivity index (χ4v) is 7.54. The van der Waals surface area contributed by atoms with Crippen molar-refractivity contribution < 1.29 is 30.3 Å². The predicted octanol–water partition coefficient (Wildman–Crippen LogP) is 5.55. The molecule has 0 aliphatic rings. The monoisotopic (exact) mass is 942 g/mol. The van der Waals surface area contributed by atoms with Gasteiger partial charge in [-0.1, -0.05) is 42.5 Å². The largest absolute Gasteiger partial charge is 0.857 e. The number of hydrogen-bond donors (Lipinski definition) is 0.